The van der Waals surface area contributed by atoms with Crippen molar-refractivity contribution in [3.05, 3.63) is 64.4 Å². The zero-order valence-corrected chi connectivity index (χ0v) is 16.5. The van der Waals surface area contributed by atoms with E-state index in [0.717, 1.165) is 5.69 Å². The molecule has 0 aliphatic heterocycles. The largest absolute Gasteiger partial charge is 0.326 e. The lowest BCUT2D eigenvalue weighted by atomic mass is 10.0. The first-order valence-electron chi connectivity index (χ1n) is 8.94. The fourth-order valence-corrected chi connectivity index (χ4v) is 3.65. The second-order valence-electron chi connectivity index (χ2n) is 6.70. The van der Waals surface area contributed by atoms with Crippen molar-refractivity contribution in [2.45, 2.75) is 31.3 Å². The highest BCUT2D eigenvalue weighted by molar-refractivity contribution is 7.99. The Morgan fingerprint density at radius 1 is 1.15 bits per heavy atom. The van der Waals surface area contributed by atoms with Crippen LogP contribution in [0.15, 0.2) is 58.5 Å². The number of hydrogen-bond acceptors (Lipinski definition) is 4. The molecule has 0 bridgehead atoms. The van der Waals surface area contributed by atoms with E-state index in [-0.39, 0.29) is 11.5 Å². The van der Waals surface area contributed by atoms with Gasteiger partial charge in [0, 0.05) is 24.9 Å². The number of para-hydroxylation sites is 1. The highest BCUT2D eigenvalue weighted by atomic mass is 32.2. The lowest BCUT2D eigenvalue weighted by molar-refractivity contribution is -0.115. The number of rotatable bonds is 6. The molecule has 27 heavy (non-hydrogen) atoms. The van der Waals surface area contributed by atoms with E-state index in [9.17, 15) is 9.59 Å². The molecule has 0 aliphatic rings. The average molecular weight is 382 g/mol. The van der Waals surface area contributed by atoms with E-state index in [2.05, 4.69) is 24.1 Å². The van der Waals surface area contributed by atoms with E-state index in [1.165, 1.54) is 21.9 Å². The number of carbonyl (C=O) groups excluding carboxylic acids is 1. The van der Waals surface area contributed by atoms with Crippen molar-refractivity contribution in [3.8, 4) is 0 Å². The van der Waals surface area contributed by atoms with Crippen LogP contribution in [-0.4, -0.2) is 21.2 Å². The lowest BCUT2D eigenvalue weighted by Gasteiger charge is -2.10. The van der Waals surface area contributed by atoms with E-state index in [4.69, 9.17) is 0 Å². The molecule has 1 amide bonds. The van der Waals surface area contributed by atoms with Crippen LogP contribution < -0.4 is 10.9 Å². The summed E-state index contributed by atoms with van der Waals surface area (Å²) in [5.74, 6) is 0.965. The molecule has 0 saturated carbocycles. The SMILES string of the molecule is CC(C)c1ccc(NC(=O)CCSc2nc3ccccc3c(=O)n2C)cc1. The highest BCUT2D eigenvalue weighted by Crippen LogP contribution is 2.19. The van der Waals surface area contributed by atoms with Crippen LogP contribution >= 0.6 is 11.8 Å². The molecule has 1 heterocycles. The summed E-state index contributed by atoms with van der Waals surface area (Å²) in [6.07, 6.45) is 0.347. The van der Waals surface area contributed by atoms with Gasteiger partial charge in [-0.25, -0.2) is 4.98 Å². The number of thioether (sulfide) groups is 1. The van der Waals surface area contributed by atoms with Crippen LogP contribution in [0.25, 0.3) is 10.9 Å². The molecular weight excluding hydrogens is 358 g/mol. The first-order valence-corrected chi connectivity index (χ1v) is 9.92. The number of carbonyl (C=O) groups is 1. The van der Waals surface area contributed by atoms with Crippen molar-refractivity contribution < 1.29 is 4.79 Å². The van der Waals surface area contributed by atoms with Crippen molar-refractivity contribution in [2.24, 2.45) is 7.05 Å². The first kappa shape index (κ1) is 19.2. The summed E-state index contributed by atoms with van der Waals surface area (Å²) >= 11 is 1.41. The van der Waals surface area contributed by atoms with Gasteiger partial charge in [-0.05, 0) is 35.7 Å². The van der Waals surface area contributed by atoms with Crippen molar-refractivity contribution in [2.75, 3.05) is 11.1 Å². The third kappa shape index (κ3) is 4.57. The molecule has 1 aromatic heterocycles. The number of benzene rings is 2. The molecule has 0 spiro atoms. The third-order valence-corrected chi connectivity index (χ3v) is 5.40. The number of anilines is 1. The highest BCUT2D eigenvalue weighted by Gasteiger charge is 2.10. The minimum Gasteiger partial charge on any atom is -0.326 e. The molecule has 2 aromatic carbocycles. The molecule has 140 valence electrons. The number of aromatic nitrogens is 2. The van der Waals surface area contributed by atoms with Gasteiger partial charge in [0.25, 0.3) is 5.56 Å². The number of hydrogen-bond donors (Lipinski definition) is 1. The maximum absolute atomic E-state index is 12.4. The molecule has 0 saturated heterocycles. The zero-order valence-electron chi connectivity index (χ0n) is 15.7. The molecule has 3 rings (SSSR count). The Labute approximate surface area is 162 Å². The van der Waals surface area contributed by atoms with Gasteiger partial charge in [0.15, 0.2) is 5.16 Å². The van der Waals surface area contributed by atoms with Gasteiger partial charge in [0.2, 0.25) is 5.91 Å². The summed E-state index contributed by atoms with van der Waals surface area (Å²) in [5.41, 5.74) is 2.65. The maximum atomic E-state index is 12.4. The first-order chi connectivity index (χ1) is 13.0. The maximum Gasteiger partial charge on any atom is 0.261 e. The fraction of sp³-hybridized carbons (Fsp3) is 0.286. The Bertz CT molecular complexity index is 1010. The second-order valence-corrected chi connectivity index (χ2v) is 7.76. The summed E-state index contributed by atoms with van der Waals surface area (Å²) in [6, 6.07) is 15.2. The Morgan fingerprint density at radius 2 is 1.85 bits per heavy atom. The van der Waals surface area contributed by atoms with Crippen molar-refractivity contribution in [3.63, 3.8) is 0 Å². The smallest absolute Gasteiger partial charge is 0.261 e. The van der Waals surface area contributed by atoms with Gasteiger partial charge in [-0.3, -0.25) is 14.2 Å². The molecule has 5 nitrogen and oxygen atoms in total. The molecule has 0 atom stereocenters. The van der Waals surface area contributed by atoms with Crippen LogP contribution in [0.4, 0.5) is 5.69 Å². The Hall–Kier alpha value is -2.60. The van der Waals surface area contributed by atoms with Crippen LogP contribution in [0.1, 0.15) is 31.7 Å². The molecule has 0 radical (unpaired) electrons. The predicted octanol–water partition coefficient (Wildman–Crippen LogP) is 4.18. The van der Waals surface area contributed by atoms with Crippen LogP contribution in [0.3, 0.4) is 0 Å². The van der Waals surface area contributed by atoms with Crippen LogP contribution in [-0.2, 0) is 11.8 Å². The van der Waals surface area contributed by atoms with Gasteiger partial charge in [-0.2, -0.15) is 0 Å². The van der Waals surface area contributed by atoms with Crippen molar-refractivity contribution in [1.29, 1.82) is 0 Å². The molecule has 0 unspecified atom stereocenters. The summed E-state index contributed by atoms with van der Waals surface area (Å²) in [5, 5.41) is 4.13. The quantitative estimate of drug-likeness (QED) is 0.514. The Morgan fingerprint density at radius 3 is 2.56 bits per heavy atom. The van der Waals surface area contributed by atoms with Crippen LogP contribution in [0, 0.1) is 0 Å². The summed E-state index contributed by atoms with van der Waals surface area (Å²) in [6.45, 7) is 4.28. The summed E-state index contributed by atoms with van der Waals surface area (Å²) in [7, 11) is 1.71. The third-order valence-electron chi connectivity index (χ3n) is 4.36. The van der Waals surface area contributed by atoms with Crippen molar-refractivity contribution in [1.82, 2.24) is 9.55 Å². The minimum atomic E-state index is -0.0715. The number of amides is 1. The fourth-order valence-electron chi connectivity index (χ4n) is 2.74. The molecular formula is C21H23N3O2S. The number of nitrogens with zero attached hydrogens (tertiary/aromatic N) is 2. The van der Waals surface area contributed by atoms with Gasteiger partial charge in [-0.15, -0.1) is 0 Å². The van der Waals surface area contributed by atoms with E-state index >= 15 is 0 Å². The normalized spacial score (nSPS) is 11.1. The molecule has 6 heteroatoms. The van der Waals surface area contributed by atoms with Gasteiger partial charge < -0.3 is 5.32 Å². The Balaban J connectivity index is 1.59. The van der Waals surface area contributed by atoms with Crippen LogP contribution in [0.2, 0.25) is 0 Å². The van der Waals surface area contributed by atoms with E-state index < -0.39 is 0 Å². The Kier molecular flexibility index (Phi) is 5.96. The van der Waals surface area contributed by atoms with Gasteiger partial charge in [0.1, 0.15) is 0 Å². The predicted molar refractivity (Wildman–Crippen MR) is 111 cm³/mol. The van der Waals surface area contributed by atoms with E-state index in [1.807, 2.05) is 42.5 Å². The topological polar surface area (TPSA) is 64.0 Å². The van der Waals surface area contributed by atoms with Gasteiger partial charge in [0.05, 0.1) is 10.9 Å². The minimum absolute atomic E-state index is 0.0504. The van der Waals surface area contributed by atoms with Crippen molar-refractivity contribution >= 4 is 34.3 Å². The zero-order chi connectivity index (χ0) is 19.4. The van der Waals surface area contributed by atoms with Gasteiger partial charge in [-0.1, -0.05) is 49.9 Å². The number of nitrogens with one attached hydrogen (secondary N) is 1. The molecule has 0 aliphatic carbocycles. The van der Waals surface area contributed by atoms with Crippen LogP contribution in [0.5, 0.6) is 0 Å². The van der Waals surface area contributed by atoms with E-state index in [1.54, 1.807) is 13.1 Å². The van der Waals surface area contributed by atoms with Gasteiger partial charge >= 0.3 is 0 Å². The average Bonchev–Trinajstić information content (AvgIpc) is 2.66. The lowest BCUT2D eigenvalue weighted by Crippen LogP contribution is -2.20. The standard InChI is InChI=1S/C21H23N3O2S/c1-14(2)15-8-10-16(11-9-15)22-19(25)12-13-27-21-23-18-7-5-4-6-17(18)20(26)24(21)3/h4-11,14H,12-13H2,1-3H3,(H,22,25). The second kappa shape index (κ2) is 8.39. The molecule has 1 N–H and O–H groups in total. The monoisotopic (exact) mass is 381 g/mol. The summed E-state index contributed by atoms with van der Waals surface area (Å²) < 4.78 is 1.54. The summed E-state index contributed by atoms with van der Waals surface area (Å²) in [4.78, 5) is 29.1. The molecule has 0 fully saturated rings. The van der Waals surface area contributed by atoms with E-state index in [0.29, 0.717) is 34.2 Å². The molecule has 3 aromatic rings. The number of fused-ring (bicyclic) bond motifs is 1.